The van der Waals surface area contributed by atoms with Gasteiger partial charge in [0.1, 0.15) is 12.0 Å². The molecule has 0 amide bonds. The van der Waals surface area contributed by atoms with E-state index in [0.29, 0.717) is 18.5 Å². The standard InChI is InChI=1S/C17H12F3NO3/c1-2-23-16-7-11(10-22)3-6-15(16)24-13-5-4-12(9-21)14(8-13)17(18,19)20/h3-8,10H,2H2,1H3. The third kappa shape index (κ3) is 3.84. The largest absolute Gasteiger partial charge is 0.490 e. The van der Waals surface area contributed by atoms with Gasteiger partial charge < -0.3 is 9.47 Å². The predicted molar refractivity (Wildman–Crippen MR) is 79.2 cm³/mol. The Morgan fingerprint density at radius 3 is 2.50 bits per heavy atom. The molecule has 124 valence electrons. The first kappa shape index (κ1) is 17.3. The highest BCUT2D eigenvalue weighted by Crippen LogP contribution is 2.37. The van der Waals surface area contributed by atoms with Gasteiger partial charge in [-0.2, -0.15) is 18.4 Å². The molecule has 0 bridgehead atoms. The zero-order chi connectivity index (χ0) is 17.7. The van der Waals surface area contributed by atoms with E-state index in [9.17, 15) is 18.0 Å². The molecular formula is C17H12F3NO3. The molecule has 0 radical (unpaired) electrons. The summed E-state index contributed by atoms with van der Waals surface area (Å²) in [5, 5.41) is 8.79. The van der Waals surface area contributed by atoms with Crippen LogP contribution in [0.4, 0.5) is 13.2 Å². The molecule has 0 aliphatic rings. The highest BCUT2D eigenvalue weighted by atomic mass is 19.4. The maximum Gasteiger partial charge on any atom is 0.417 e. The first-order chi connectivity index (χ1) is 11.4. The quantitative estimate of drug-likeness (QED) is 0.750. The smallest absolute Gasteiger partial charge is 0.417 e. The lowest BCUT2D eigenvalue weighted by Crippen LogP contribution is -2.08. The Hall–Kier alpha value is -3.01. The van der Waals surface area contributed by atoms with Gasteiger partial charge >= 0.3 is 6.18 Å². The molecule has 0 fully saturated rings. The monoisotopic (exact) mass is 335 g/mol. The van der Waals surface area contributed by atoms with Gasteiger partial charge in [0.25, 0.3) is 0 Å². The summed E-state index contributed by atoms with van der Waals surface area (Å²) < 4.78 is 49.7. The van der Waals surface area contributed by atoms with Gasteiger partial charge in [0.05, 0.1) is 23.8 Å². The average Bonchev–Trinajstić information content (AvgIpc) is 2.55. The summed E-state index contributed by atoms with van der Waals surface area (Å²) in [6, 6.07) is 8.87. The van der Waals surface area contributed by atoms with Crippen molar-refractivity contribution in [3.05, 3.63) is 53.1 Å². The molecule has 0 aliphatic heterocycles. The van der Waals surface area contributed by atoms with Crippen molar-refractivity contribution in [2.24, 2.45) is 0 Å². The Morgan fingerprint density at radius 1 is 1.17 bits per heavy atom. The van der Waals surface area contributed by atoms with Crippen molar-refractivity contribution < 1.29 is 27.4 Å². The van der Waals surface area contributed by atoms with Crippen molar-refractivity contribution in [3.8, 4) is 23.3 Å². The molecule has 0 atom stereocenters. The number of hydrogen-bond donors (Lipinski definition) is 0. The van der Waals surface area contributed by atoms with Crippen molar-refractivity contribution >= 4 is 6.29 Å². The van der Waals surface area contributed by atoms with E-state index in [4.69, 9.17) is 14.7 Å². The van der Waals surface area contributed by atoms with Crippen LogP contribution >= 0.6 is 0 Å². The number of ether oxygens (including phenoxy) is 2. The molecule has 0 unspecified atom stereocenters. The Morgan fingerprint density at radius 2 is 1.92 bits per heavy atom. The normalized spacial score (nSPS) is 10.8. The van der Waals surface area contributed by atoms with E-state index >= 15 is 0 Å². The molecule has 24 heavy (non-hydrogen) atoms. The minimum atomic E-state index is -4.67. The van der Waals surface area contributed by atoms with Crippen molar-refractivity contribution in [2.45, 2.75) is 13.1 Å². The molecule has 4 nitrogen and oxygen atoms in total. The van der Waals surface area contributed by atoms with Crippen molar-refractivity contribution in [1.29, 1.82) is 5.26 Å². The van der Waals surface area contributed by atoms with Crippen LogP contribution < -0.4 is 9.47 Å². The molecule has 0 spiro atoms. The lowest BCUT2D eigenvalue weighted by atomic mass is 10.1. The van der Waals surface area contributed by atoms with Crippen LogP contribution in [0.5, 0.6) is 17.2 Å². The molecule has 0 aliphatic carbocycles. The van der Waals surface area contributed by atoms with Crippen LogP contribution in [-0.2, 0) is 6.18 Å². The number of halogens is 3. The van der Waals surface area contributed by atoms with E-state index in [1.54, 1.807) is 6.92 Å². The maximum atomic E-state index is 13.0. The molecule has 2 aromatic carbocycles. The Balaban J connectivity index is 2.41. The summed E-state index contributed by atoms with van der Waals surface area (Å²) in [6.45, 7) is 2.01. The number of aldehydes is 1. The summed E-state index contributed by atoms with van der Waals surface area (Å²) in [4.78, 5) is 10.8. The zero-order valence-corrected chi connectivity index (χ0v) is 12.6. The van der Waals surface area contributed by atoms with Crippen LogP contribution in [0.1, 0.15) is 28.4 Å². The lowest BCUT2D eigenvalue weighted by molar-refractivity contribution is -0.137. The zero-order valence-electron chi connectivity index (χ0n) is 12.6. The third-order valence-electron chi connectivity index (χ3n) is 3.05. The van der Waals surface area contributed by atoms with Crippen LogP contribution in [0.3, 0.4) is 0 Å². The van der Waals surface area contributed by atoms with Gasteiger partial charge in [0.15, 0.2) is 11.5 Å². The second-order valence-electron chi connectivity index (χ2n) is 4.68. The highest BCUT2D eigenvalue weighted by Gasteiger charge is 2.34. The van der Waals surface area contributed by atoms with Crippen LogP contribution in [0.25, 0.3) is 0 Å². The Bertz CT molecular complexity index is 795. The van der Waals surface area contributed by atoms with E-state index in [1.165, 1.54) is 30.3 Å². The van der Waals surface area contributed by atoms with Gasteiger partial charge in [-0.25, -0.2) is 0 Å². The summed E-state index contributed by atoms with van der Waals surface area (Å²) in [6.07, 6.45) is -4.05. The van der Waals surface area contributed by atoms with Gasteiger partial charge in [-0.1, -0.05) is 0 Å². The number of hydrogen-bond acceptors (Lipinski definition) is 4. The Kier molecular flexibility index (Phi) is 5.09. The highest BCUT2D eigenvalue weighted by molar-refractivity contribution is 5.76. The molecule has 7 heteroatoms. The minimum absolute atomic E-state index is 0.0962. The Labute approximate surface area is 136 Å². The summed E-state index contributed by atoms with van der Waals surface area (Å²) in [7, 11) is 0. The molecule has 0 saturated heterocycles. The first-order valence-electron chi connectivity index (χ1n) is 6.90. The fourth-order valence-electron chi connectivity index (χ4n) is 2.00. The maximum absolute atomic E-state index is 13.0. The van der Waals surface area contributed by atoms with Gasteiger partial charge in [-0.3, -0.25) is 4.79 Å². The van der Waals surface area contributed by atoms with E-state index in [1.807, 2.05) is 0 Å². The number of alkyl halides is 3. The van der Waals surface area contributed by atoms with Crippen LogP contribution in [0.15, 0.2) is 36.4 Å². The SMILES string of the molecule is CCOc1cc(C=O)ccc1Oc1ccc(C#N)c(C(F)(F)F)c1. The lowest BCUT2D eigenvalue weighted by Gasteiger charge is -2.14. The molecule has 0 saturated carbocycles. The van der Waals surface area contributed by atoms with Crippen molar-refractivity contribution in [2.75, 3.05) is 6.61 Å². The van der Waals surface area contributed by atoms with Gasteiger partial charge in [-0.15, -0.1) is 0 Å². The fraction of sp³-hybridized carbons (Fsp3) is 0.176. The molecule has 0 aromatic heterocycles. The summed E-state index contributed by atoms with van der Waals surface area (Å²) in [5.74, 6) is 0.307. The number of carbonyl (C=O) groups excluding carboxylic acids is 1. The number of benzene rings is 2. The van der Waals surface area contributed by atoms with Crippen LogP contribution in [0, 0.1) is 11.3 Å². The minimum Gasteiger partial charge on any atom is -0.490 e. The van der Waals surface area contributed by atoms with Gasteiger partial charge in [0.2, 0.25) is 0 Å². The average molecular weight is 335 g/mol. The summed E-state index contributed by atoms with van der Waals surface area (Å²) in [5.41, 5.74) is -1.22. The van der Waals surface area contributed by atoms with Crippen LogP contribution in [0.2, 0.25) is 0 Å². The summed E-state index contributed by atoms with van der Waals surface area (Å²) >= 11 is 0. The van der Waals surface area contributed by atoms with Crippen molar-refractivity contribution in [1.82, 2.24) is 0 Å². The topological polar surface area (TPSA) is 59.3 Å². The number of carbonyl (C=O) groups is 1. The molecule has 2 aromatic rings. The number of nitrogens with zero attached hydrogens (tertiary/aromatic N) is 1. The number of nitriles is 1. The van der Waals surface area contributed by atoms with E-state index in [0.717, 1.165) is 12.1 Å². The molecule has 2 rings (SSSR count). The van der Waals surface area contributed by atoms with Crippen LogP contribution in [-0.4, -0.2) is 12.9 Å². The predicted octanol–water partition coefficient (Wildman–Crippen LogP) is 4.58. The van der Waals surface area contributed by atoms with E-state index < -0.39 is 17.3 Å². The second-order valence-corrected chi connectivity index (χ2v) is 4.68. The molecule has 0 N–H and O–H groups in total. The first-order valence-corrected chi connectivity index (χ1v) is 6.90. The van der Waals surface area contributed by atoms with E-state index in [2.05, 4.69) is 0 Å². The molecule has 0 heterocycles. The van der Waals surface area contributed by atoms with Gasteiger partial charge in [-0.05, 0) is 43.3 Å². The van der Waals surface area contributed by atoms with E-state index in [-0.39, 0.29) is 17.2 Å². The third-order valence-corrected chi connectivity index (χ3v) is 3.05. The van der Waals surface area contributed by atoms with Gasteiger partial charge in [0, 0.05) is 5.56 Å². The molecular weight excluding hydrogens is 323 g/mol. The van der Waals surface area contributed by atoms with Crippen molar-refractivity contribution in [3.63, 3.8) is 0 Å². The second kappa shape index (κ2) is 7.04. The number of rotatable bonds is 5. The fourth-order valence-corrected chi connectivity index (χ4v) is 2.00.